The van der Waals surface area contributed by atoms with E-state index in [1.54, 1.807) is 0 Å². The molecule has 0 aliphatic heterocycles. The highest BCUT2D eigenvalue weighted by Gasteiger charge is 2.39. The lowest BCUT2D eigenvalue weighted by atomic mass is 9.74. The van der Waals surface area contributed by atoms with Crippen LogP contribution in [0.2, 0.25) is 0 Å². The third-order valence-electron chi connectivity index (χ3n) is 4.21. The van der Waals surface area contributed by atoms with Crippen LogP contribution in [0.25, 0.3) is 0 Å². The number of carbonyl (C=O) groups is 3. The zero-order valence-electron chi connectivity index (χ0n) is 13.8. The van der Waals surface area contributed by atoms with Crippen molar-refractivity contribution in [2.75, 3.05) is 13.1 Å². The van der Waals surface area contributed by atoms with Crippen molar-refractivity contribution in [2.24, 2.45) is 10.8 Å². The first-order valence-corrected chi connectivity index (χ1v) is 7.96. The number of carboxylic acid groups (broad SMARTS) is 1. The maximum Gasteiger partial charge on any atom is 0.311 e. The van der Waals surface area contributed by atoms with Gasteiger partial charge in [-0.05, 0) is 12.8 Å². The highest BCUT2D eigenvalue weighted by molar-refractivity contribution is 5.82. The fraction of sp³-hybridized carbons (Fsp3) is 0.812. The van der Waals surface area contributed by atoms with Crippen LogP contribution in [0.4, 0.5) is 0 Å². The Morgan fingerprint density at radius 2 is 1.64 bits per heavy atom. The van der Waals surface area contributed by atoms with E-state index in [1.165, 1.54) is 0 Å². The molecular weight excluding hydrogens is 284 g/mol. The average Bonchev–Trinajstić information content (AvgIpc) is 2.45. The van der Waals surface area contributed by atoms with Gasteiger partial charge in [-0.1, -0.05) is 40.0 Å². The minimum atomic E-state index is -0.825. The molecular formula is C16H28N2O4. The topological polar surface area (TPSA) is 95.5 Å². The summed E-state index contributed by atoms with van der Waals surface area (Å²) in [5, 5.41) is 14.9. The van der Waals surface area contributed by atoms with Gasteiger partial charge in [-0.15, -0.1) is 0 Å². The number of hydrogen-bond donors (Lipinski definition) is 3. The first-order chi connectivity index (χ1) is 10.2. The van der Waals surface area contributed by atoms with Crippen LogP contribution in [0, 0.1) is 10.8 Å². The zero-order chi connectivity index (χ0) is 16.8. The maximum atomic E-state index is 11.8. The zero-order valence-corrected chi connectivity index (χ0v) is 13.8. The van der Waals surface area contributed by atoms with Crippen molar-refractivity contribution in [1.82, 2.24) is 10.6 Å². The van der Waals surface area contributed by atoms with Gasteiger partial charge in [-0.3, -0.25) is 14.4 Å². The fourth-order valence-corrected chi connectivity index (χ4v) is 2.61. The highest BCUT2D eigenvalue weighted by Crippen LogP contribution is 2.35. The van der Waals surface area contributed by atoms with Gasteiger partial charge in [0.1, 0.15) is 0 Å². The minimum Gasteiger partial charge on any atom is -0.481 e. The molecule has 0 aromatic rings. The molecule has 0 aromatic heterocycles. The molecule has 1 aliphatic rings. The second kappa shape index (κ2) is 7.61. The molecule has 126 valence electrons. The van der Waals surface area contributed by atoms with Crippen LogP contribution in [0.1, 0.15) is 59.3 Å². The van der Waals surface area contributed by atoms with Crippen molar-refractivity contribution in [1.29, 1.82) is 0 Å². The molecule has 1 aliphatic carbocycles. The van der Waals surface area contributed by atoms with E-state index >= 15 is 0 Å². The molecule has 6 nitrogen and oxygen atoms in total. The van der Waals surface area contributed by atoms with E-state index in [2.05, 4.69) is 10.6 Å². The van der Waals surface area contributed by atoms with Gasteiger partial charge >= 0.3 is 5.97 Å². The van der Waals surface area contributed by atoms with Crippen LogP contribution in [-0.4, -0.2) is 36.0 Å². The van der Waals surface area contributed by atoms with Gasteiger partial charge in [0.25, 0.3) is 0 Å². The number of carboxylic acids is 1. The summed E-state index contributed by atoms with van der Waals surface area (Å²) in [4.78, 5) is 35.0. The molecule has 1 saturated carbocycles. The molecule has 0 aromatic carbocycles. The summed E-state index contributed by atoms with van der Waals surface area (Å²) in [5.41, 5.74) is -1.30. The quantitative estimate of drug-likeness (QED) is 0.695. The van der Waals surface area contributed by atoms with E-state index in [0.29, 0.717) is 12.8 Å². The highest BCUT2D eigenvalue weighted by atomic mass is 16.4. The normalized spacial score (nSPS) is 17.6. The Bertz CT molecular complexity index is 420. The van der Waals surface area contributed by atoms with E-state index < -0.39 is 16.8 Å². The van der Waals surface area contributed by atoms with Crippen molar-refractivity contribution in [3.8, 4) is 0 Å². The molecule has 3 N–H and O–H groups in total. The Morgan fingerprint density at radius 1 is 1.05 bits per heavy atom. The van der Waals surface area contributed by atoms with Gasteiger partial charge in [-0.2, -0.15) is 0 Å². The second-order valence-corrected chi connectivity index (χ2v) is 7.18. The number of amides is 2. The third kappa shape index (κ3) is 5.31. The summed E-state index contributed by atoms with van der Waals surface area (Å²) in [6.07, 6.45) is 4.24. The van der Waals surface area contributed by atoms with Crippen LogP contribution in [-0.2, 0) is 14.4 Å². The number of rotatable bonds is 6. The van der Waals surface area contributed by atoms with E-state index in [0.717, 1.165) is 19.3 Å². The summed E-state index contributed by atoms with van der Waals surface area (Å²) < 4.78 is 0. The van der Waals surface area contributed by atoms with Gasteiger partial charge in [0, 0.05) is 24.9 Å². The second-order valence-electron chi connectivity index (χ2n) is 7.18. The molecule has 2 amide bonds. The molecule has 0 bridgehead atoms. The predicted octanol–water partition coefficient (Wildman–Crippen LogP) is 1.69. The standard InChI is InChI=1S/C16H28N2O4/c1-15(2,3)13(20)17-10-7-12(19)18-11-16(14(21)22)8-5-4-6-9-16/h4-11H2,1-3H3,(H,17,20)(H,18,19)(H,21,22). The Hall–Kier alpha value is -1.59. The maximum absolute atomic E-state index is 11.8. The SMILES string of the molecule is CC(C)(C)C(=O)NCCC(=O)NCC1(C(=O)O)CCCCC1. The monoisotopic (exact) mass is 312 g/mol. The lowest BCUT2D eigenvalue weighted by Crippen LogP contribution is -2.45. The number of hydrogen-bond acceptors (Lipinski definition) is 3. The molecule has 1 rings (SSSR count). The van der Waals surface area contributed by atoms with Crippen molar-refractivity contribution >= 4 is 17.8 Å². The summed E-state index contributed by atoms with van der Waals surface area (Å²) >= 11 is 0. The Kier molecular flexibility index (Phi) is 6.38. The van der Waals surface area contributed by atoms with E-state index in [4.69, 9.17) is 0 Å². The molecule has 0 radical (unpaired) electrons. The first kappa shape index (κ1) is 18.5. The lowest BCUT2D eigenvalue weighted by molar-refractivity contribution is -0.151. The summed E-state index contributed by atoms with van der Waals surface area (Å²) in [6, 6.07) is 0. The van der Waals surface area contributed by atoms with Gasteiger partial charge in [0.05, 0.1) is 5.41 Å². The third-order valence-corrected chi connectivity index (χ3v) is 4.21. The average molecular weight is 312 g/mol. The molecule has 0 atom stereocenters. The molecule has 0 unspecified atom stereocenters. The largest absolute Gasteiger partial charge is 0.481 e. The van der Waals surface area contributed by atoms with Crippen molar-refractivity contribution in [2.45, 2.75) is 59.3 Å². The van der Waals surface area contributed by atoms with Crippen LogP contribution in [0.15, 0.2) is 0 Å². The molecule has 0 heterocycles. The lowest BCUT2D eigenvalue weighted by Gasteiger charge is -2.33. The van der Waals surface area contributed by atoms with Gasteiger partial charge < -0.3 is 15.7 Å². The van der Waals surface area contributed by atoms with Crippen molar-refractivity contribution < 1.29 is 19.5 Å². The molecule has 1 fully saturated rings. The van der Waals surface area contributed by atoms with E-state index in [9.17, 15) is 19.5 Å². The first-order valence-electron chi connectivity index (χ1n) is 7.96. The smallest absolute Gasteiger partial charge is 0.311 e. The minimum absolute atomic E-state index is 0.102. The number of carbonyl (C=O) groups excluding carboxylic acids is 2. The summed E-state index contributed by atoms with van der Waals surface area (Å²) in [5.74, 6) is -1.15. The summed E-state index contributed by atoms with van der Waals surface area (Å²) in [6.45, 7) is 5.86. The fourth-order valence-electron chi connectivity index (χ4n) is 2.61. The Labute approximate surface area is 132 Å². The van der Waals surface area contributed by atoms with Crippen molar-refractivity contribution in [3.63, 3.8) is 0 Å². The van der Waals surface area contributed by atoms with Gasteiger partial charge in [-0.25, -0.2) is 0 Å². The Balaban J connectivity index is 2.36. The van der Waals surface area contributed by atoms with Gasteiger partial charge in [0.15, 0.2) is 0 Å². The van der Waals surface area contributed by atoms with Crippen LogP contribution in [0.3, 0.4) is 0 Å². The summed E-state index contributed by atoms with van der Waals surface area (Å²) in [7, 11) is 0. The van der Waals surface area contributed by atoms with E-state index in [1.807, 2.05) is 20.8 Å². The molecule has 6 heteroatoms. The van der Waals surface area contributed by atoms with Crippen LogP contribution < -0.4 is 10.6 Å². The Morgan fingerprint density at radius 3 is 2.14 bits per heavy atom. The van der Waals surface area contributed by atoms with Gasteiger partial charge in [0.2, 0.25) is 11.8 Å². The predicted molar refractivity (Wildman–Crippen MR) is 83.2 cm³/mol. The number of aliphatic carboxylic acids is 1. The van der Waals surface area contributed by atoms with Crippen LogP contribution in [0.5, 0.6) is 0 Å². The molecule has 0 saturated heterocycles. The van der Waals surface area contributed by atoms with Crippen LogP contribution >= 0.6 is 0 Å². The number of nitrogens with one attached hydrogen (secondary N) is 2. The molecule has 0 spiro atoms. The molecule has 22 heavy (non-hydrogen) atoms. The van der Waals surface area contributed by atoms with Crippen molar-refractivity contribution in [3.05, 3.63) is 0 Å². The van der Waals surface area contributed by atoms with E-state index in [-0.39, 0.29) is 31.3 Å².